The highest BCUT2D eigenvalue weighted by molar-refractivity contribution is 5.10. The average Bonchev–Trinajstić information content (AvgIpc) is 3.21. The summed E-state index contributed by atoms with van der Waals surface area (Å²) in [7, 11) is 0. The molecule has 1 aromatic heterocycles. The van der Waals surface area contributed by atoms with Crippen molar-refractivity contribution in [2.24, 2.45) is 11.7 Å². The largest absolute Gasteiger partial charge is 0.325 e. The Labute approximate surface area is 134 Å². The average molecular weight is 305 g/mol. The van der Waals surface area contributed by atoms with Gasteiger partial charge in [0.2, 0.25) is 0 Å². The monoisotopic (exact) mass is 305 g/mol. The van der Waals surface area contributed by atoms with E-state index in [1.165, 1.54) is 70.2 Å². The molecule has 0 bridgehead atoms. The van der Waals surface area contributed by atoms with Crippen molar-refractivity contribution in [3.63, 3.8) is 0 Å². The molecule has 2 fully saturated rings. The zero-order valence-electron chi connectivity index (χ0n) is 13.8. The number of aromatic nitrogens is 3. The normalized spacial score (nSPS) is 20.8. The Morgan fingerprint density at radius 1 is 1.00 bits per heavy atom. The van der Waals surface area contributed by atoms with Gasteiger partial charge in [0.25, 0.3) is 0 Å². The highest BCUT2D eigenvalue weighted by atomic mass is 15.4. The first-order chi connectivity index (χ1) is 10.9. The zero-order valence-corrected chi connectivity index (χ0v) is 13.8. The van der Waals surface area contributed by atoms with Gasteiger partial charge < -0.3 is 10.6 Å². The lowest BCUT2D eigenvalue weighted by molar-refractivity contribution is 0.308. The molecule has 3 rings (SSSR count). The minimum absolute atomic E-state index is 0.518. The van der Waals surface area contributed by atoms with Crippen molar-refractivity contribution in [2.45, 2.75) is 70.9 Å². The number of nitrogens with zero attached hydrogens (tertiary/aromatic N) is 4. The second kappa shape index (κ2) is 8.06. The molecule has 0 unspecified atom stereocenters. The van der Waals surface area contributed by atoms with E-state index in [2.05, 4.69) is 19.9 Å². The van der Waals surface area contributed by atoms with Crippen molar-refractivity contribution >= 4 is 0 Å². The third-order valence-electron chi connectivity index (χ3n) is 5.45. The second-order valence-electron chi connectivity index (χ2n) is 7.00. The van der Waals surface area contributed by atoms with Crippen LogP contribution in [-0.2, 0) is 19.5 Å². The molecule has 0 aromatic carbocycles. The summed E-state index contributed by atoms with van der Waals surface area (Å²) in [6.07, 6.45) is 12.2. The predicted molar refractivity (Wildman–Crippen MR) is 88.5 cm³/mol. The molecule has 1 aliphatic heterocycles. The van der Waals surface area contributed by atoms with Crippen LogP contribution in [0.25, 0.3) is 0 Å². The molecule has 22 heavy (non-hydrogen) atoms. The molecule has 1 aromatic rings. The fourth-order valence-corrected chi connectivity index (χ4v) is 4.04. The van der Waals surface area contributed by atoms with Gasteiger partial charge in [0.05, 0.1) is 17.9 Å². The minimum Gasteiger partial charge on any atom is -0.325 e. The topological polar surface area (TPSA) is 60.0 Å². The molecule has 2 heterocycles. The van der Waals surface area contributed by atoms with Gasteiger partial charge in [0.1, 0.15) is 0 Å². The van der Waals surface area contributed by atoms with E-state index in [0.29, 0.717) is 6.54 Å². The lowest BCUT2D eigenvalue weighted by Gasteiger charge is -2.21. The van der Waals surface area contributed by atoms with Gasteiger partial charge in [-0.25, -0.2) is 4.68 Å². The SMILES string of the molecule is NCc1nnn(CCN2CCCC2)c1CCC1CCCCC1. The summed E-state index contributed by atoms with van der Waals surface area (Å²) in [6.45, 7) is 5.08. The third-order valence-corrected chi connectivity index (χ3v) is 5.45. The van der Waals surface area contributed by atoms with Gasteiger partial charge in [-0.3, -0.25) is 0 Å². The van der Waals surface area contributed by atoms with Gasteiger partial charge in [-0.1, -0.05) is 37.3 Å². The van der Waals surface area contributed by atoms with Gasteiger partial charge in [-0.2, -0.15) is 0 Å². The Hall–Kier alpha value is -0.940. The standard InChI is InChI=1S/C17H31N5/c18-14-16-17(9-8-15-6-2-1-3-7-15)22(20-19-16)13-12-21-10-4-5-11-21/h15H,1-14,18H2. The van der Waals surface area contributed by atoms with E-state index in [1.807, 2.05) is 0 Å². The van der Waals surface area contributed by atoms with Crippen molar-refractivity contribution in [3.8, 4) is 0 Å². The maximum atomic E-state index is 5.86. The summed E-state index contributed by atoms with van der Waals surface area (Å²) in [6, 6.07) is 0. The van der Waals surface area contributed by atoms with Crippen LogP contribution in [0.3, 0.4) is 0 Å². The minimum atomic E-state index is 0.518. The van der Waals surface area contributed by atoms with Crippen LogP contribution in [-0.4, -0.2) is 39.5 Å². The lowest BCUT2D eigenvalue weighted by atomic mass is 9.85. The molecule has 1 saturated heterocycles. The Balaban J connectivity index is 1.56. The number of hydrogen-bond donors (Lipinski definition) is 1. The first-order valence-corrected chi connectivity index (χ1v) is 9.20. The van der Waals surface area contributed by atoms with Crippen LogP contribution in [0, 0.1) is 5.92 Å². The summed E-state index contributed by atoms with van der Waals surface area (Å²) in [5, 5.41) is 8.68. The highest BCUT2D eigenvalue weighted by Crippen LogP contribution is 2.27. The predicted octanol–water partition coefficient (Wildman–Crippen LogP) is 2.35. The first kappa shape index (κ1) is 15.9. The molecule has 0 amide bonds. The van der Waals surface area contributed by atoms with Gasteiger partial charge in [0, 0.05) is 13.1 Å². The summed E-state index contributed by atoms with van der Waals surface area (Å²) in [5.74, 6) is 0.904. The fraction of sp³-hybridized carbons (Fsp3) is 0.882. The number of hydrogen-bond acceptors (Lipinski definition) is 4. The van der Waals surface area contributed by atoms with E-state index in [0.717, 1.165) is 31.1 Å². The highest BCUT2D eigenvalue weighted by Gasteiger charge is 2.18. The number of nitrogens with two attached hydrogens (primary N) is 1. The number of likely N-dealkylation sites (tertiary alicyclic amines) is 1. The summed E-state index contributed by atoms with van der Waals surface area (Å²) in [4.78, 5) is 2.54. The number of rotatable bonds is 7. The molecule has 2 aliphatic rings. The van der Waals surface area contributed by atoms with Gasteiger partial charge in [-0.05, 0) is 44.7 Å². The fourth-order valence-electron chi connectivity index (χ4n) is 4.04. The smallest absolute Gasteiger partial charge is 0.0994 e. The van der Waals surface area contributed by atoms with Crippen LogP contribution in [0.2, 0.25) is 0 Å². The van der Waals surface area contributed by atoms with Crippen LogP contribution in [0.15, 0.2) is 0 Å². The Kier molecular flexibility index (Phi) is 5.84. The van der Waals surface area contributed by atoms with Crippen molar-refractivity contribution < 1.29 is 0 Å². The zero-order chi connectivity index (χ0) is 15.2. The molecule has 5 nitrogen and oxygen atoms in total. The molecule has 1 saturated carbocycles. The molecular weight excluding hydrogens is 274 g/mol. The van der Waals surface area contributed by atoms with Crippen LogP contribution < -0.4 is 5.73 Å². The van der Waals surface area contributed by atoms with Gasteiger partial charge in [-0.15, -0.1) is 5.10 Å². The van der Waals surface area contributed by atoms with Crippen molar-refractivity contribution in [3.05, 3.63) is 11.4 Å². The quantitative estimate of drug-likeness (QED) is 0.840. The summed E-state index contributed by atoms with van der Waals surface area (Å²) < 4.78 is 2.13. The van der Waals surface area contributed by atoms with Crippen LogP contribution in [0.5, 0.6) is 0 Å². The molecular formula is C17H31N5. The Morgan fingerprint density at radius 2 is 1.77 bits per heavy atom. The second-order valence-corrected chi connectivity index (χ2v) is 7.00. The summed E-state index contributed by atoms with van der Waals surface area (Å²) >= 11 is 0. The molecule has 2 N–H and O–H groups in total. The maximum Gasteiger partial charge on any atom is 0.0994 e. The molecule has 124 valence electrons. The molecule has 1 aliphatic carbocycles. The van der Waals surface area contributed by atoms with E-state index < -0.39 is 0 Å². The van der Waals surface area contributed by atoms with E-state index in [4.69, 9.17) is 5.73 Å². The van der Waals surface area contributed by atoms with Gasteiger partial charge >= 0.3 is 0 Å². The molecule has 0 atom stereocenters. The van der Waals surface area contributed by atoms with Crippen molar-refractivity contribution in [1.29, 1.82) is 0 Å². The first-order valence-electron chi connectivity index (χ1n) is 9.20. The molecule has 5 heteroatoms. The van der Waals surface area contributed by atoms with Crippen LogP contribution >= 0.6 is 0 Å². The lowest BCUT2D eigenvalue weighted by Crippen LogP contribution is -2.25. The molecule has 0 radical (unpaired) electrons. The Bertz CT molecular complexity index is 444. The third kappa shape index (κ3) is 4.07. The summed E-state index contributed by atoms with van der Waals surface area (Å²) in [5.41, 5.74) is 8.17. The molecule has 0 spiro atoms. The van der Waals surface area contributed by atoms with E-state index in [-0.39, 0.29) is 0 Å². The maximum absolute atomic E-state index is 5.86. The van der Waals surface area contributed by atoms with Gasteiger partial charge in [0.15, 0.2) is 0 Å². The van der Waals surface area contributed by atoms with E-state index in [9.17, 15) is 0 Å². The van der Waals surface area contributed by atoms with E-state index in [1.54, 1.807) is 0 Å². The van der Waals surface area contributed by atoms with Crippen molar-refractivity contribution in [2.75, 3.05) is 19.6 Å². The van der Waals surface area contributed by atoms with Crippen LogP contribution in [0.4, 0.5) is 0 Å². The van der Waals surface area contributed by atoms with E-state index >= 15 is 0 Å². The van der Waals surface area contributed by atoms with Crippen LogP contribution in [0.1, 0.15) is 62.8 Å². The Morgan fingerprint density at radius 3 is 2.50 bits per heavy atom. The van der Waals surface area contributed by atoms with Crippen molar-refractivity contribution in [1.82, 2.24) is 19.9 Å².